The van der Waals surface area contributed by atoms with Crippen molar-refractivity contribution in [3.63, 3.8) is 0 Å². The summed E-state index contributed by atoms with van der Waals surface area (Å²) in [4.78, 5) is 13.6. The molecule has 3 rings (SSSR count). The third kappa shape index (κ3) is 1.61. The summed E-state index contributed by atoms with van der Waals surface area (Å²) in [6.07, 6.45) is 4.83. The zero-order chi connectivity index (χ0) is 10.3. The number of rotatable bonds is 2. The van der Waals surface area contributed by atoms with Crippen molar-refractivity contribution in [2.75, 3.05) is 19.6 Å². The van der Waals surface area contributed by atoms with Gasteiger partial charge in [0, 0.05) is 18.5 Å². The SMILES string of the molecule is O=C1OC(C2CCNC2)CN1C1CCC1. The molecule has 2 aliphatic heterocycles. The van der Waals surface area contributed by atoms with Crippen molar-refractivity contribution in [1.82, 2.24) is 10.2 Å². The van der Waals surface area contributed by atoms with E-state index in [1.54, 1.807) is 0 Å². The van der Waals surface area contributed by atoms with Crippen LogP contribution in [0.2, 0.25) is 0 Å². The molecule has 0 aromatic heterocycles. The Morgan fingerprint density at radius 2 is 2.20 bits per heavy atom. The summed E-state index contributed by atoms with van der Waals surface area (Å²) in [6.45, 7) is 2.91. The van der Waals surface area contributed by atoms with E-state index in [1.807, 2.05) is 4.90 Å². The Morgan fingerprint density at radius 3 is 2.80 bits per heavy atom. The van der Waals surface area contributed by atoms with Crippen LogP contribution in [0.5, 0.6) is 0 Å². The summed E-state index contributed by atoms with van der Waals surface area (Å²) < 4.78 is 5.46. The van der Waals surface area contributed by atoms with Gasteiger partial charge >= 0.3 is 6.09 Å². The highest BCUT2D eigenvalue weighted by Crippen LogP contribution is 2.31. The molecular formula is C11H18N2O2. The predicted octanol–water partition coefficient (Wildman–Crippen LogP) is 0.969. The predicted molar refractivity (Wildman–Crippen MR) is 55.6 cm³/mol. The standard InChI is InChI=1S/C11H18N2O2/c14-11-13(9-2-1-3-9)7-10(15-11)8-4-5-12-6-8/h8-10,12H,1-7H2. The van der Waals surface area contributed by atoms with Crippen LogP contribution in [0.25, 0.3) is 0 Å². The minimum absolute atomic E-state index is 0.0726. The third-order valence-electron chi connectivity index (χ3n) is 4.00. The van der Waals surface area contributed by atoms with Crippen LogP contribution in [0.4, 0.5) is 4.79 Å². The highest BCUT2D eigenvalue weighted by atomic mass is 16.6. The van der Waals surface area contributed by atoms with Crippen molar-refractivity contribution in [1.29, 1.82) is 0 Å². The van der Waals surface area contributed by atoms with E-state index < -0.39 is 0 Å². The zero-order valence-electron chi connectivity index (χ0n) is 8.95. The maximum atomic E-state index is 11.7. The number of hydrogen-bond donors (Lipinski definition) is 1. The highest BCUT2D eigenvalue weighted by Gasteiger charge is 2.41. The minimum Gasteiger partial charge on any atom is -0.444 e. The molecule has 1 N–H and O–H groups in total. The van der Waals surface area contributed by atoms with Gasteiger partial charge in [0.1, 0.15) is 6.10 Å². The molecule has 2 heterocycles. The molecule has 1 amide bonds. The van der Waals surface area contributed by atoms with Crippen LogP contribution in [-0.4, -0.2) is 42.8 Å². The number of nitrogens with one attached hydrogen (secondary N) is 1. The number of cyclic esters (lactones) is 1. The lowest BCUT2D eigenvalue weighted by Gasteiger charge is -2.32. The first-order chi connectivity index (χ1) is 7.34. The molecule has 3 fully saturated rings. The number of ether oxygens (including phenoxy) is 1. The first kappa shape index (κ1) is 9.46. The molecule has 1 saturated carbocycles. The van der Waals surface area contributed by atoms with Crippen LogP contribution in [0.15, 0.2) is 0 Å². The van der Waals surface area contributed by atoms with Crippen molar-refractivity contribution in [2.45, 2.75) is 37.8 Å². The summed E-state index contributed by atoms with van der Waals surface area (Å²) in [5, 5.41) is 3.33. The van der Waals surface area contributed by atoms with Gasteiger partial charge in [0.25, 0.3) is 0 Å². The van der Waals surface area contributed by atoms with E-state index in [0.29, 0.717) is 12.0 Å². The molecule has 15 heavy (non-hydrogen) atoms. The normalized spacial score (nSPS) is 36.8. The number of carbonyl (C=O) groups is 1. The second kappa shape index (κ2) is 3.67. The number of hydrogen-bond acceptors (Lipinski definition) is 3. The Balaban J connectivity index is 1.61. The molecule has 2 atom stereocenters. The van der Waals surface area contributed by atoms with Gasteiger partial charge in [-0.2, -0.15) is 0 Å². The van der Waals surface area contributed by atoms with Crippen molar-refractivity contribution in [3.8, 4) is 0 Å². The lowest BCUT2D eigenvalue weighted by molar-refractivity contribution is 0.102. The van der Waals surface area contributed by atoms with Gasteiger partial charge in [0.2, 0.25) is 0 Å². The maximum Gasteiger partial charge on any atom is 0.410 e. The average molecular weight is 210 g/mol. The van der Waals surface area contributed by atoms with Gasteiger partial charge in [0.05, 0.1) is 6.54 Å². The second-order valence-corrected chi connectivity index (χ2v) is 4.91. The molecule has 0 spiro atoms. The van der Waals surface area contributed by atoms with Gasteiger partial charge in [-0.25, -0.2) is 4.79 Å². The Kier molecular flexibility index (Phi) is 2.31. The highest BCUT2D eigenvalue weighted by molar-refractivity contribution is 5.70. The molecular weight excluding hydrogens is 192 g/mol. The Morgan fingerprint density at radius 1 is 1.33 bits per heavy atom. The van der Waals surface area contributed by atoms with E-state index in [4.69, 9.17) is 4.74 Å². The lowest BCUT2D eigenvalue weighted by Crippen LogP contribution is -2.41. The van der Waals surface area contributed by atoms with Crippen LogP contribution < -0.4 is 5.32 Å². The summed E-state index contributed by atoms with van der Waals surface area (Å²) >= 11 is 0. The second-order valence-electron chi connectivity index (χ2n) is 4.91. The number of carbonyl (C=O) groups excluding carboxylic acids is 1. The molecule has 1 aliphatic carbocycles. The van der Waals surface area contributed by atoms with Crippen molar-refractivity contribution >= 4 is 6.09 Å². The summed E-state index contributed by atoms with van der Waals surface area (Å²) in [7, 11) is 0. The monoisotopic (exact) mass is 210 g/mol. The topological polar surface area (TPSA) is 41.6 Å². The average Bonchev–Trinajstić information content (AvgIpc) is 2.72. The molecule has 84 valence electrons. The van der Waals surface area contributed by atoms with Crippen LogP contribution >= 0.6 is 0 Å². The summed E-state index contributed by atoms with van der Waals surface area (Å²) in [5.74, 6) is 0.541. The fourth-order valence-corrected chi connectivity index (χ4v) is 2.74. The molecule has 4 nitrogen and oxygen atoms in total. The molecule has 0 aromatic carbocycles. The van der Waals surface area contributed by atoms with Crippen LogP contribution in [-0.2, 0) is 4.74 Å². The summed E-state index contributed by atoms with van der Waals surface area (Å²) in [6, 6.07) is 0.483. The van der Waals surface area contributed by atoms with Gasteiger partial charge in [0.15, 0.2) is 0 Å². The van der Waals surface area contributed by atoms with Crippen molar-refractivity contribution < 1.29 is 9.53 Å². The minimum atomic E-state index is -0.0726. The Hall–Kier alpha value is -0.770. The smallest absolute Gasteiger partial charge is 0.410 e. The van der Waals surface area contributed by atoms with Crippen molar-refractivity contribution in [2.24, 2.45) is 5.92 Å². The quantitative estimate of drug-likeness (QED) is 0.738. The Labute approximate surface area is 90.0 Å². The molecule has 0 bridgehead atoms. The first-order valence-electron chi connectivity index (χ1n) is 6.02. The van der Waals surface area contributed by atoms with Gasteiger partial charge in [-0.3, -0.25) is 0 Å². The van der Waals surface area contributed by atoms with E-state index in [9.17, 15) is 4.79 Å². The zero-order valence-corrected chi connectivity index (χ0v) is 8.95. The summed E-state index contributed by atoms with van der Waals surface area (Å²) in [5.41, 5.74) is 0. The molecule has 2 unspecified atom stereocenters. The Bertz CT molecular complexity index is 259. The van der Waals surface area contributed by atoms with Gasteiger partial charge in [-0.1, -0.05) is 0 Å². The van der Waals surface area contributed by atoms with Crippen LogP contribution in [0.1, 0.15) is 25.7 Å². The third-order valence-corrected chi connectivity index (χ3v) is 4.00. The van der Waals surface area contributed by atoms with Gasteiger partial charge < -0.3 is 15.0 Å². The fraction of sp³-hybridized carbons (Fsp3) is 0.909. The molecule has 3 aliphatic rings. The van der Waals surface area contributed by atoms with E-state index in [0.717, 1.165) is 26.1 Å². The van der Waals surface area contributed by atoms with E-state index >= 15 is 0 Å². The van der Waals surface area contributed by atoms with Gasteiger partial charge in [-0.05, 0) is 32.2 Å². The van der Waals surface area contributed by atoms with Crippen LogP contribution in [0, 0.1) is 5.92 Å². The molecule has 0 radical (unpaired) electrons. The fourth-order valence-electron chi connectivity index (χ4n) is 2.74. The maximum absolute atomic E-state index is 11.7. The molecule has 4 heteroatoms. The van der Waals surface area contributed by atoms with Crippen LogP contribution in [0.3, 0.4) is 0 Å². The van der Waals surface area contributed by atoms with E-state index in [-0.39, 0.29) is 12.2 Å². The van der Waals surface area contributed by atoms with E-state index in [2.05, 4.69) is 5.32 Å². The van der Waals surface area contributed by atoms with E-state index in [1.165, 1.54) is 19.3 Å². The number of nitrogens with zero attached hydrogens (tertiary/aromatic N) is 1. The van der Waals surface area contributed by atoms with Gasteiger partial charge in [-0.15, -0.1) is 0 Å². The number of amides is 1. The largest absolute Gasteiger partial charge is 0.444 e. The molecule has 0 aromatic rings. The molecule has 2 saturated heterocycles. The first-order valence-corrected chi connectivity index (χ1v) is 6.02. The van der Waals surface area contributed by atoms with Crippen molar-refractivity contribution in [3.05, 3.63) is 0 Å². The lowest BCUT2D eigenvalue weighted by atomic mass is 9.91.